The van der Waals surface area contributed by atoms with Crippen LogP contribution < -0.4 is 0 Å². The summed E-state index contributed by atoms with van der Waals surface area (Å²) < 4.78 is 0.951. The molecule has 1 heterocycles. The van der Waals surface area contributed by atoms with Gasteiger partial charge in [0.2, 0.25) is 0 Å². The van der Waals surface area contributed by atoms with E-state index in [2.05, 4.69) is 22.6 Å². The second-order valence-electron chi connectivity index (χ2n) is 4.90. The fourth-order valence-electron chi connectivity index (χ4n) is 2.48. The average Bonchev–Trinajstić information content (AvgIpc) is 2.42. The average molecular weight is 394 g/mol. The highest BCUT2D eigenvalue weighted by molar-refractivity contribution is 14.1. The fourth-order valence-corrected chi connectivity index (χ4v) is 3.00. The van der Waals surface area contributed by atoms with E-state index in [1.165, 1.54) is 0 Å². The molecule has 0 bridgehead atoms. The molecule has 1 amide bonds. The number of rotatable bonds is 3. The van der Waals surface area contributed by atoms with Gasteiger partial charge in [-0.1, -0.05) is 11.6 Å². The van der Waals surface area contributed by atoms with Crippen LogP contribution in [0.25, 0.3) is 0 Å². The molecule has 0 spiro atoms. The van der Waals surface area contributed by atoms with Crippen LogP contribution in [0, 0.1) is 9.49 Å². The molecule has 2 rings (SSSR count). The highest BCUT2D eigenvalue weighted by atomic mass is 127. The van der Waals surface area contributed by atoms with E-state index >= 15 is 0 Å². The minimum atomic E-state index is 0.0425. The first-order valence-electron chi connectivity index (χ1n) is 6.47. The van der Waals surface area contributed by atoms with E-state index in [1.54, 1.807) is 6.07 Å². The molecule has 1 fully saturated rings. The Kier molecular flexibility index (Phi) is 5.47. The van der Waals surface area contributed by atoms with Gasteiger partial charge in [-0.15, -0.1) is 0 Å². The van der Waals surface area contributed by atoms with E-state index < -0.39 is 0 Å². The number of likely N-dealkylation sites (tertiary alicyclic amines) is 1. The summed E-state index contributed by atoms with van der Waals surface area (Å²) in [5, 5.41) is 9.63. The molecule has 0 aliphatic carbocycles. The molecular formula is C14H17ClINO2. The van der Waals surface area contributed by atoms with Crippen molar-refractivity contribution < 1.29 is 9.90 Å². The predicted molar refractivity (Wildman–Crippen MR) is 84.5 cm³/mol. The van der Waals surface area contributed by atoms with Gasteiger partial charge in [0.25, 0.3) is 5.91 Å². The van der Waals surface area contributed by atoms with Gasteiger partial charge in [-0.3, -0.25) is 4.79 Å². The van der Waals surface area contributed by atoms with Crippen molar-refractivity contribution in [1.29, 1.82) is 0 Å². The molecule has 1 atom stereocenters. The third-order valence-electron chi connectivity index (χ3n) is 3.51. The summed E-state index contributed by atoms with van der Waals surface area (Å²) in [4.78, 5) is 14.3. The third kappa shape index (κ3) is 3.83. The maximum absolute atomic E-state index is 12.4. The van der Waals surface area contributed by atoms with Crippen LogP contribution in [0.5, 0.6) is 0 Å². The van der Waals surface area contributed by atoms with Gasteiger partial charge < -0.3 is 10.0 Å². The normalized spacial score (nSPS) is 19.5. The van der Waals surface area contributed by atoms with Crippen molar-refractivity contribution >= 4 is 40.1 Å². The number of amides is 1. The van der Waals surface area contributed by atoms with Crippen LogP contribution in [0.2, 0.25) is 5.02 Å². The molecule has 19 heavy (non-hydrogen) atoms. The molecule has 1 unspecified atom stereocenters. The van der Waals surface area contributed by atoms with Gasteiger partial charge in [-0.2, -0.15) is 0 Å². The third-order valence-corrected chi connectivity index (χ3v) is 5.08. The summed E-state index contributed by atoms with van der Waals surface area (Å²) in [6.45, 7) is 1.73. The van der Waals surface area contributed by atoms with Gasteiger partial charge in [0.05, 0.1) is 5.02 Å². The molecule has 104 valence electrons. The van der Waals surface area contributed by atoms with Crippen molar-refractivity contribution in [3.63, 3.8) is 0 Å². The first kappa shape index (κ1) is 15.1. The number of nitrogens with zero attached hydrogens (tertiary/aromatic N) is 1. The number of benzene rings is 1. The van der Waals surface area contributed by atoms with E-state index in [4.69, 9.17) is 16.7 Å². The second-order valence-corrected chi connectivity index (χ2v) is 6.47. The zero-order valence-corrected chi connectivity index (χ0v) is 13.5. The van der Waals surface area contributed by atoms with E-state index in [9.17, 15) is 4.79 Å². The summed E-state index contributed by atoms with van der Waals surface area (Å²) in [7, 11) is 0. The van der Waals surface area contributed by atoms with Crippen LogP contribution in [-0.2, 0) is 0 Å². The molecule has 1 aromatic carbocycles. The van der Waals surface area contributed by atoms with E-state index in [0.29, 0.717) is 16.5 Å². The Morgan fingerprint density at radius 2 is 2.32 bits per heavy atom. The monoisotopic (exact) mass is 393 g/mol. The topological polar surface area (TPSA) is 40.5 Å². The highest BCUT2D eigenvalue weighted by Crippen LogP contribution is 2.24. The Hall–Kier alpha value is -0.330. The van der Waals surface area contributed by atoms with Crippen molar-refractivity contribution in [2.24, 2.45) is 5.92 Å². The number of piperidine rings is 1. The number of hydrogen-bond donors (Lipinski definition) is 1. The fraction of sp³-hybridized carbons (Fsp3) is 0.500. The minimum absolute atomic E-state index is 0.0425. The standard InChI is InChI=1S/C14H17ClINO2/c15-12-8-11(3-4-13(12)16)14(19)17-6-1-2-10(9-17)5-7-18/h3-4,8,10,18H,1-2,5-7,9H2. The summed E-state index contributed by atoms with van der Waals surface area (Å²) in [5.41, 5.74) is 0.648. The highest BCUT2D eigenvalue weighted by Gasteiger charge is 2.24. The molecule has 1 aliphatic heterocycles. The van der Waals surface area contributed by atoms with Crippen molar-refractivity contribution in [3.8, 4) is 0 Å². The zero-order chi connectivity index (χ0) is 13.8. The zero-order valence-electron chi connectivity index (χ0n) is 10.6. The quantitative estimate of drug-likeness (QED) is 0.801. The maximum Gasteiger partial charge on any atom is 0.253 e. The lowest BCUT2D eigenvalue weighted by molar-refractivity contribution is 0.0653. The lowest BCUT2D eigenvalue weighted by Crippen LogP contribution is -2.40. The smallest absolute Gasteiger partial charge is 0.253 e. The number of aliphatic hydroxyl groups is 1. The molecule has 0 radical (unpaired) electrons. The van der Waals surface area contributed by atoms with Crippen LogP contribution in [-0.4, -0.2) is 35.6 Å². The number of aliphatic hydroxyl groups excluding tert-OH is 1. The molecule has 5 heteroatoms. The summed E-state index contributed by atoms with van der Waals surface area (Å²) >= 11 is 8.21. The Morgan fingerprint density at radius 1 is 1.53 bits per heavy atom. The lowest BCUT2D eigenvalue weighted by atomic mass is 9.94. The molecule has 1 N–H and O–H groups in total. The predicted octanol–water partition coefficient (Wildman–Crippen LogP) is 3.18. The van der Waals surface area contributed by atoms with Gasteiger partial charge >= 0.3 is 0 Å². The number of halogens is 2. The van der Waals surface area contributed by atoms with E-state index in [-0.39, 0.29) is 12.5 Å². The van der Waals surface area contributed by atoms with Crippen LogP contribution in [0.3, 0.4) is 0 Å². The first-order chi connectivity index (χ1) is 9.11. The first-order valence-corrected chi connectivity index (χ1v) is 7.92. The van der Waals surface area contributed by atoms with Crippen LogP contribution in [0.15, 0.2) is 18.2 Å². The van der Waals surface area contributed by atoms with Crippen molar-refractivity contribution in [3.05, 3.63) is 32.4 Å². The van der Waals surface area contributed by atoms with Crippen LogP contribution in [0.4, 0.5) is 0 Å². The number of carbonyl (C=O) groups is 1. The van der Waals surface area contributed by atoms with E-state index in [0.717, 1.165) is 35.9 Å². The largest absolute Gasteiger partial charge is 0.396 e. The Balaban J connectivity index is 2.08. The van der Waals surface area contributed by atoms with Crippen LogP contribution in [0.1, 0.15) is 29.6 Å². The molecular weight excluding hydrogens is 377 g/mol. The summed E-state index contributed by atoms with van der Waals surface area (Å²) in [6, 6.07) is 5.43. The SMILES string of the molecule is O=C(c1ccc(I)c(Cl)c1)N1CCCC(CCO)C1. The van der Waals surface area contributed by atoms with Gasteiger partial charge in [0.1, 0.15) is 0 Å². The molecule has 0 aromatic heterocycles. The van der Waals surface area contributed by atoms with Gasteiger partial charge in [-0.25, -0.2) is 0 Å². The molecule has 1 aliphatic rings. The molecule has 0 saturated carbocycles. The van der Waals surface area contributed by atoms with E-state index in [1.807, 2.05) is 17.0 Å². The number of carbonyl (C=O) groups excluding carboxylic acids is 1. The van der Waals surface area contributed by atoms with Crippen molar-refractivity contribution in [1.82, 2.24) is 4.90 Å². The van der Waals surface area contributed by atoms with Gasteiger partial charge in [-0.05, 0) is 66.0 Å². The van der Waals surface area contributed by atoms with Crippen molar-refractivity contribution in [2.45, 2.75) is 19.3 Å². The molecule has 1 aromatic rings. The van der Waals surface area contributed by atoms with Crippen molar-refractivity contribution in [2.75, 3.05) is 19.7 Å². The minimum Gasteiger partial charge on any atom is -0.396 e. The molecule has 1 saturated heterocycles. The lowest BCUT2D eigenvalue weighted by Gasteiger charge is -2.32. The molecule has 3 nitrogen and oxygen atoms in total. The number of hydrogen-bond acceptors (Lipinski definition) is 2. The van der Waals surface area contributed by atoms with Gasteiger partial charge in [0, 0.05) is 28.8 Å². The summed E-state index contributed by atoms with van der Waals surface area (Å²) in [5.74, 6) is 0.461. The van der Waals surface area contributed by atoms with Gasteiger partial charge in [0.15, 0.2) is 0 Å². The summed E-state index contributed by atoms with van der Waals surface area (Å²) in [6.07, 6.45) is 2.88. The van der Waals surface area contributed by atoms with Crippen LogP contribution >= 0.6 is 34.2 Å². The Bertz CT molecular complexity index is 465. The second kappa shape index (κ2) is 6.90. The Morgan fingerprint density at radius 3 is 3.00 bits per heavy atom. The maximum atomic E-state index is 12.4. The Labute approximate surface area is 132 Å².